The summed E-state index contributed by atoms with van der Waals surface area (Å²) in [7, 11) is 0. The van der Waals surface area contributed by atoms with E-state index in [9.17, 15) is 4.79 Å². The maximum Gasteiger partial charge on any atom is 0.237 e. The summed E-state index contributed by atoms with van der Waals surface area (Å²) < 4.78 is 2.04. The Labute approximate surface area is 191 Å². The third kappa shape index (κ3) is 4.03. The topological polar surface area (TPSA) is 63.9 Å². The predicted octanol–water partition coefficient (Wildman–Crippen LogP) is 4.46. The van der Waals surface area contributed by atoms with E-state index in [2.05, 4.69) is 40.3 Å². The zero-order valence-electron chi connectivity index (χ0n) is 17.8. The van der Waals surface area contributed by atoms with E-state index in [0.717, 1.165) is 23.4 Å². The molecular weight excluding hydrogens is 418 g/mol. The average molecular weight is 442 g/mol. The number of carbonyl (C=O) groups is 1. The highest BCUT2D eigenvalue weighted by molar-refractivity contribution is 7.99. The van der Waals surface area contributed by atoms with Crippen LogP contribution in [0.15, 0.2) is 84.1 Å². The summed E-state index contributed by atoms with van der Waals surface area (Å²) in [5.41, 5.74) is 4.14. The molecule has 0 saturated carbocycles. The molecule has 1 amide bonds. The number of rotatable bonds is 6. The fourth-order valence-electron chi connectivity index (χ4n) is 4.13. The van der Waals surface area contributed by atoms with E-state index >= 15 is 0 Å². The van der Waals surface area contributed by atoms with Gasteiger partial charge in [0.2, 0.25) is 5.91 Å². The van der Waals surface area contributed by atoms with Gasteiger partial charge in [0, 0.05) is 17.9 Å². The van der Waals surface area contributed by atoms with Crippen LogP contribution < -0.4 is 4.90 Å². The van der Waals surface area contributed by atoms with Crippen molar-refractivity contribution in [1.82, 2.24) is 19.7 Å². The lowest BCUT2D eigenvalue weighted by molar-refractivity contribution is -0.116. The van der Waals surface area contributed by atoms with Crippen LogP contribution in [0.5, 0.6) is 0 Å². The van der Waals surface area contributed by atoms with Crippen LogP contribution >= 0.6 is 11.8 Å². The van der Waals surface area contributed by atoms with Crippen LogP contribution in [-0.4, -0.2) is 37.5 Å². The highest BCUT2D eigenvalue weighted by atomic mass is 32.2. The molecule has 6 nitrogen and oxygen atoms in total. The smallest absolute Gasteiger partial charge is 0.237 e. The lowest BCUT2D eigenvalue weighted by Gasteiger charge is -2.22. The molecule has 2 aromatic heterocycles. The third-order valence-electron chi connectivity index (χ3n) is 5.60. The van der Waals surface area contributed by atoms with E-state index in [1.807, 2.05) is 64.1 Å². The van der Waals surface area contributed by atoms with E-state index in [1.165, 1.54) is 17.3 Å². The van der Waals surface area contributed by atoms with Crippen molar-refractivity contribution in [2.45, 2.75) is 31.1 Å². The summed E-state index contributed by atoms with van der Waals surface area (Å²) in [6.45, 7) is 2.71. The van der Waals surface area contributed by atoms with E-state index < -0.39 is 0 Å². The summed E-state index contributed by atoms with van der Waals surface area (Å²) in [5.74, 6) is 1.08. The number of para-hydroxylation sites is 1. The van der Waals surface area contributed by atoms with Gasteiger partial charge in [0.05, 0.1) is 12.3 Å². The fourth-order valence-corrected chi connectivity index (χ4v) is 4.93. The molecule has 32 heavy (non-hydrogen) atoms. The van der Waals surface area contributed by atoms with E-state index in [-0.39, 0.29) is 11.9 Å². The lowest BCUT2D eigenvalue weighted by Crippen LogP contribution is -2.37. The second-order valence-electron chi connectivity index (χ2n) is 7.83. The van der Waals surface area contributed by atoms with Gasteiger partial charge in [-0.3, -0.25) is 14.3 Å². The Morgan fingerprint density at radius 3 is 2.59 bits per heavy atom. The van der Waals surface area contributed by atoms with Crippen molar-refractivity contribution in [2.24, 2.45) is 0 Å². The molecule has 5 rings (SSSR count). The molecule has 1 aliphatic rings. The number of nitrogens with zero attached hydrogens (tertiary/aromatic N) is 5. The van der Waals surface area contributed by atoms with Gasteiger partial charge in [0.1, 0.15) is 5.69 Å². The predicted molar refractivity (Wildman–Crippen MR) is 127 cm³/mol. The highest BCUT2D eigenvalue weighted by Gasteiger charge is 2.30. The van der Waals surface area contributed by atoms with Crippen molar-refractivity contribution >= 4 is 23.4 Å². The zero-order chi connectivity index (χ0) is 21.9. The van der Waals surface area contributed by atoms with Gasteiger partial charge in [0.15, 0.2) is 11.0 Å². The number of anilines is 1. The van der Waals surface area contributed by atoms with Crippen molar-refractivity contribution in [3.63, 3.8) is 0 Å². The SMILES string of the molecule is C[C@@H]1Cc2ccccc2N1C(=O)CSc1nnc(-c2ccccn2)n1Cc1ccccc1. The fraction of sp³-hybridized carbons (Fsp3) is 0.200. The van der Waals surface area contributed by atoms with Gasteiger partial charge in [-0.25, -0.2) is 0 Å². The number of hydrogen-bond acceptors (Lipinski definition) is 5. The van der Waals surface area contributed by atoms with Crippen molar-refractivity contribution in [1.29, 1.82) is 0 Å². The van der Waals surface area contributed by atoms with Crippen molar-refractivity contribution in [3.05, 3.63) is 90.1 Å². The van der Waals surface area contributed by atoms with Crippen LogP contribution in [0.1, 0.15) is 18.1 Å². The first-order valence-electron chi connectivity index (χ1n) is 10.6. The van der Waals surface area contributed by atoms with Crippen LogP contribution in [0.3, 0.4) is 0 Å². The maximum absolute atomic E-state index is 13.2. The third-order valence-corrected chi connectivity index (χ3v) is 6.55. The Kier molecular flexibility index (Phi) is 5.73. The molecule has 0 fully saturated rings. The first kappa shape index (κ1) is 20.5. The first-order valence-corrected chi connectivity index (χ1v) is 11.6. The molecule has 0 aliphatic carbocycles. The van der Waals surface area contributed by atoms with E-state index in [4.69, 9.17) is 0 Å². The quantitative estimate of drug-likeness (QED) is 0.414. The van der Waals surface area contributed by atoms with E-state index in [0.29, 0.717) is 23.3 Å². The molecule has 4 aromatic rings. The van der Waals surface area contributed by atoms with E-state index in [1.54, 1.807) is 6.20 Å². The van der Waals surface area contributed by atoms with Gasteiger partial charge in [-0.15, -0.1) is 10.2 Å². The number of amides is 1. The van der Waals surface area contributed by atoms with Crippen molar-refractivity contribution < 1.29 is 4.79 Å². The Morgan fingerprint density at radius 1 is 1.00 bits per heavy atom. The summed E-state index contributed by atoms with van der Waals surface area (Å²) in [6, 6.07) is 24.2. The summed E-state index contributed by atoms with van der Waals surface area (Å²) in [5, 5.41) is 9.54. The molecule has 1 aliphatic heterocycles. The molecule has 0 N–H and O–H groups in total. The molecule has 0 unspecified atom stereocenters. The minimum absolute atomic E-state index is 0.0843. The highest BCUT2D eigenvalue weighted by Crippen LogP contribution is 2.33. The molecule has 2 aromatic carbocycles. The second-order valence-corrected chi connectivity index (χ2v) is 8.77. The Hall–Kier alpha value is -3.45. The molecule has 0 saturated heterocycles. The number of thioether (sulfide) groups is 1. The lowest BCUT2D eigenvalue weighted by atomic mass is 10.1. The van der Waals surface area contributed by atoms with Crippen LogP contribution in [0.2, 0.25) is 0 Å². The molecule has 160 valence electrons. The standard InChI is InChI=1S/C25H23N5OS/c1-18-15-20-11-5-6-13-22(20)30(18)23(31)17-32-25-28-27-24(21-12-7-8-14-26-21)29(25)16-19-9-3-2-4-10-19/h2-14,18H,15-17H2,1H3/t18-/m1/s1. The Bertz CT molecular complexity index is 1230. The van der Waals surface area contributed by atoms with Gasteiger partial charge >= 0.3 is 0 Å². The molecule has 3 heterocycles. The molecular formula is C25H23N5OS. The molecule has 7 heteroatoms. The summed E-state index contributed by atoms with van der Waals surface area (Å²) in [6.07, 6.45) is 2.64. The van der Waals surface area contributed by atoms with Crippen LogP contribution in [-0.2, 0) is 17.8 Å². The molecule has 0 radical (unpaired) electrons. The average Bonchev–Trinajstić information content (AvgIpc) is 3.38. The number of fused-ring (bicyclic) bond motifs is 1. The van der Waals surface area contributed by atoms with Gasteiger partial charge < -0.3 is 4.90 Å². The maximum atomic E-state index is 13.2. The van der Waals surface area contributed by atoms with Crippen molar-refractivity contribution in [3.8, 4) is 11.5 Å². The van der Waals surface area contributed by atoms with Gasteiger partial charge in [0.25, 0.3) is 0 Å². The molecule has 0 spiro atoms. The van der Waals surface area contributed by atoms with Crippen molar-refractivity contribution in [2.75, 3.05) is 10.7 Å². The first-order chi connectivity index (χ1) is 15.7. The number of carbonyl (C=O) groups excluding carboxylic acids is 1. The normalized spacial score (nSPS) is 15.0. The summed E-state index contributed by atoms with van der Waals surface area (Å²) >= 11 is 1.42. The summed E-state index contributed by atoms with van der Waals surface area (Å²) in [4.78, 5) is 19.5. The monoisotopic (exact) mass is 441 g/mol. The van der Waals surface area contributed by atoms with Gasteiger partial charge in [-0.05, 0) is 42.7 Å². The number of pyridine rings is 1. The number of hydrogen-bond donors (Lipinski definition) is 0. The Morgan fingerprint density at radius 2 is 1.78 bits per heavy atom. The van der Waals surface area contributed by atoms with Crippen LogP contribution in [0, 0.1) is 0 Å². The minimum atomic E-state index is 0.0843. The largest absolute Gasteiger partial charge is 0.308 e. The van der Waals surface area contributed by atoms with Gasteiger partial charge in [-0.1, -0.05) is 66.4 Å². The zero-order valence-corrected chi connectivity index (χ0v) is 18.6. The van der Waals surface area contributed by atoms with Gasteiger partial charge in [-0.2, -0.15) is 0 Å². The van der Waals surface area contributed by atoms with Crippen LogP contribution in [0.4, 0.5) is 5.69 Å². The second kappa shape index (κ2) is 8.96. The molecule has 0 bridgehead atoms. The molecule has 1 atom stereocenters. The number of aromatic nitrogens is 4. The van der Waals surface area contributed by atoms with Crippen LogP contribution in [0.25, 0.3) is 11.5 Å². The Balaban J connectivity index is 1.40. The number of benzene rings is 2. The minimum Gasteiger partial charge on any atom is -0.308 e.